The van der Waals surface area contributed by atoms with E-state index in [-0.39, 0.29) is 0 Å². The number of fused-ring (bicyclic) bond motifs is 1. The van der Waals surface area contributed by atoms with E-state index in [0.29, 0.717) is 12.2 Å². The molecule has 0 unspecified atom stereocenters. The smallest absolute Gasteiger partial charge is 0.158 e. The average molecular weight is 436 g/mol. The van der Waals surface area contributed by atoms with Crippen molar-refractivity contribution in [2.24, 2.45) is 0 Å². The summed E-state index contributed by atoms with van der Waals surface area (Å²) >= 11 is 0. The van der Waals surface area contributed by atoms with Crippen LogP contribution in [-0.4, -0.2) is 56.6 Å². The molecule has 0 radical (unpaired) electrons. The number of ketones is 1. The number of ether oxygens (including phenoxy) is 1. The number of nitrogens with two attached hydrogens (primary N) is 1. The SMILES string of the molecule is C/C=C1/CCCN(CC2=CCCC(C(=O)CCCN3CCOCC3)=C2)c2c(N)cccc21. The van der Waals surface area contributed by atoms with E-state index in [1.54, 1.807) is 0 Å². The van der Waals surface area contributed by atoms with Gasteiger partial charge in [-0.3, -0.25) is 9.69 Å². The van der Waals surface area contributed by atoms with Gasteiger partial charge in [0.1, 0.15) is 0 Å². The fraction of sp³-hybridized carbons (Fsp3) is 0.519. The predicted molar refractivity (Wildman–Crippen MR) is 133 cm³/mol. The van der Waals surface area contributed by atoms with E-state index in [0.717, 1.165) is 95.0 Å². The van der Waals surface area contributed by atoms with Crippen LogP contribution in [0.15, 0.2) is 47.6 Å². The van der Waals surface area contributed by atoms with Crippen LogP contribution >= 0.6 is 0 Å². The van der Waals surface area contributed by atoms with Crippen LogP contribution in [0.1, 0.15) is 51.0 Å². The number of Topliss-reactive ketones (excluding diaryl/α,β-unsaturated/α-hetero) is 1. The van der Waals surface area contributed by atoms with Crippen molar-refractivity contribution >= 4 is 22.7 Å². The van der Waals surface area contributed by atoms with E-state index in [1.807, 2.05) is 6.07 Å². The first kappa shape index (κ1) is 22.8. The maximum absolute atomic E-state index is 12.9. The normalized spacial score (nSPS) is 21.0. The molecule has 0 bridgehead atoms. The molecule has 172 valence electrons. The zero-order valence-corrected chi connectivity index (χ0v) is 19.4. The summed E-state index contributed by atoms with van der Waals surface area (Å²) < 4.78 is 5.41. The molecule has 4 rings (SSSR count). The van der Waals surface area contributed by atoms with Crippen LogP contribution < -0.4 is 10.6 Å². The van der Waals surface area contributed by atoms with Crippen molar-refractivity contribution in [2.45, 2.75) is 45.4 Å². The third-order valence-corrected chi connectivity index (χ3v) is 6.85. The van der Waals surface area contributed by atoms with Gasteiger partial charge in [0.2, 0.25) is 0 Å². The second-order valence-electron chi connectivity index (χ2n) is 9.05. The molecule has 0 atom stereocenters. The highest BCUT2D eigenvalue weighted by molar-refractivity contribution is 5.96. The van der Waals surface area contributed by atoms with Gasteiger partial charge < -0.3 is 15.4 Å². The standard InChI is InChI=1S/C27H37N3O2/c1-2-22-9-5-14-30(27-24(22)10-4-11-25(27)28)20-21-7-3-8-23(19-21)26(31)12-6-13-29-15-17-32-18-16-29/h2,4,7,10-11,19H,3,5-6,8-9,12-18,20,28H2,1H3/b22-2-. The summed E-state index contributed by atoms with van der Waals surface area (Å²) in [6, 6.07) is 6.24. The molecule has 2 N–H and O–H groups in total. The number of anilines is 2. The Morgan fingerprint density at radius 1 is 1.19 bits per heavy atom. The third kappa shape index (κ3) is 5.51. The summed E-state index contributed by atoms with van der Waals surface area (Å²) in [7, 11) is 0. The molecule has 0 spiro atoms. The number of benzene rings is 1. The fourth-order valence-corrected chi connectivity index (χ4v) is 5.11. The lowest BCUT2D eigenvalue weighted by molar-refractivity contribution is -0.115. The quantitative estimate of drug-likeness (QED) is 0.634. The topological polar surface area (TPSA) is 58.8 Å². The number of rotatable bonds is 7. The fourth-order valence-electron chi connectivity index (χ4n) is 5.11. The first-order chi connectivity index (χ1) is 15.7. The van der Waals surface area contributed by atoms with E-state index < -0.39 is 0 Å². The Labute approximate surface area is 192 Å². The van der Waals surface area contributed by atoms with Crippen LogP contribution in [-0.2, 0) is 9.53 Å². The lowest BCUT2D eigenvalue weighted by atomic mass is 9.94. The van der Waals surface area contributed by atoms with Crippen LogP contribution in [0.25, 0.3) is 5.57 Å². The molecule has 0 aromatic heterocycles. The largest absolute Gasteiger partial charge is 0.397 e. The molecule has 2 aliphatic heterocycles. The maximum atomic E-state index is 12.9. The van der Waals surface area contributed by atoms with Crippen LogP contribution in [0.5, 0.6) is 0 Å². The van der Waals surface area contributed by atoms with Gasteiger partial charge in [-0.15, -0.1) is 0 Å². The second-order valence-corrected chi connectivity index (χ2v) is 9.05. The number of para-hydroxylation sites is 1. The van der Waals surface area contributed by atoms with Crippen molar-refractivity contribution in [3.8, 4) is 0 Å². The first-order valence-electron chi connectivity index (χ1n) is 12.2. The Kier molecular flexibility index (Phi) is 7.82. The molecule has 1 saturated heterocycles. The van der Waals surface area contributed by atoms with Gasteiger partial charge in [-0.25, -0.2) is 0 Å². The zero-order valence-electron chi connectivity index (χ0n) is 19.4. The van der Waals surface area contributed by atoms with Crippen molar-refractivity contribution in [1.82, 2.24) is 4.90 Å². The molecule has 5 heteroatoms. The van der Waals surface area contributed by atoms with Crippen LogP contribution in [0.3, 0.4) is 0 Å². The maximum Gasteiger partial charge on any atom is 0.158 e. The number of nitrogen functional groups attached to an aromatic ring is 1. The molecule has 3 aliphatic rings. The van der Waals surface area contributed by atoms with E-state index in [9.17, 15) is 4.79 Å². The van der Waals surface area contributed by atoms with Gasteiger partial charge in [0.15, 0.2) is 5.78 Å². The highest BCUT2D eigenvalue weighted by Gasteiger charge is 2.22. The van der Waals surface area contributed by atoms with Crippen LogP contribution in [0.4, 0.5) is 11.4 Å². The Bertz CT molecular complexity index is 909. The predicted octanol–water partition coefficient (Wildman–Crippen LogP) is 4.60. The highest BCUT2D eigenvalue weighted by Crippen LogP contribution is 2.38. The minimum Gasteiger partial charge on any atom is -0.397 e. The van der Waals surface area contributed by atoms with Gasteiger partial charge in [-0.1, -0.05) is 30.4 Å². The zero-order chi connectivity index (χ0) is 22.3. The van der Waals surface area contributed by atoms with Gasteiger partial charge in [0.05, 0.1) is 24.6 Å². The van der Waals surface area contributed by atoms with Gasteiger partial charge in [-0.2, -0.15) is 0 Å². The first-order valence-corrected chi connectivity index (χ1v) is 12.2. The van der Waals surface area contributed by atoms with E-state index in [2.05, 4.69) is 47.1 Å². The summed E-state index contributed by atoms with van der Waals surface area (Å²) in [6.07, 6.45) is 12.2. The Morgan fingerprint density at radius 2 is 2.03 bits per heavy atom. The van der Waals surface area contributed by atoms with E-state index in [4.69, 9.17) is 10.5 Å². The highest BCUT2D eigenvalue weighted by atomic mass is 16.5. The molecular formula is C27H37N3O2. The molecule has 32 heavy (non-hydrogen) atoms. The van der Waals surface area contributed by atoms with Gasteiger partial charge >= 0.3 is 0 Å². The Morgan fingerprint density at radius 3 is 2.84 bits per heavy atom. The van der Waals surface area contributed by atoms with Gasteiger partial charge in [-0.05, 0) is 68.4 Å². The third-order valence-electron chi connectivity index (χ3n) is 6.85. The van der Waals surface area contributed by atoms with Gasteiger partial charge in [0, 0.05) is 38.2 Å². The average Bonchev–Trinajstić information content (AvgIpc) is 3.00. The van der Waals surface area contributed by atoms with Gasteiger partial charge in [0.25, 0.3) is 0 Å². The monoisotopic (exact) mass is 435 g/mol. The summed E-state index contributed by atoms with van der Waals surface area (Å²) in [5.74, 6) is 0.316. The molecule has 1 aromatic rings. The number of hydrogen-bond acceptors (Lipinski definition) is 5. The lowest BCUT2D eigenvalue weighted by Crippen LogP contribution is -2.37. The molecule has 0 saturated carbocycles. The number of hydrogen-bond donors (Lipinski definition) is 1. The minimum atomic E-state index is 0.316. The summed E-state index contributed by atoms with van der Waals surface area (Å²) in [5, 5.41) is 0. The molecular weight excluding hydrogens is 398 g/mol. The Balaban J connectivity index is 1.41. The second kappa shape index (κ2) is 11.0. The molecule has 1 aliphatic carbocycles. The van der Waals surface area contributed by atoms with Crippen molar-refractivity contribution in [1.29, 1.82) is 0 Å². The van der Waals surface area contributed by atoms with Crippen molar-refractivity contribution < 1.29 is 9.53 Å². The summed E-state index contributed by atoms with van der Waals surface area (Å²) in [4.78, 5) is 17.7. The van der Waals surface area contributed by atoms with Crippen molar-refractivity contribution in [2.75, 3.05) is 56.6 Å². The number of carbonyl (C=O) groups is 1. The van der Waals surface area contributed by atoms with Crippen molar-refractivity contribution in [3.63, 3.8) is 0 Å². The van der Waals surface area contributed by atoms with Crippen LogP contribution in [0, 0.1) is 0 Å². The Hall–Kier alpha value is -2.37. The molecule has 5 nitrogen and oxygen atoms in total. The van der Waals surface area contributed by atoms with E-state index >= 15 is 0 Å². The number of carbonyl (C=O) groups excluding carboxylic acids is 1. The lowest BCUT2D eigenvalue weighted by Gasteiger charge is -2.28. The minimum absolute atomic E-state index is 0.316. The molecule has 0 amide bonds. The van der Waals surface area contributed by atoms with E-state index in [1.165, 1.54) is 16.7 Å². The van der Waals surface area contributed by atoms with Crippen molar-refractivity contribution in [3.05, 3.63) is 53.1 Å². The number of allylic oxidation sites excluding steroid dienone is 4. The van der Waals surface area contributed by atoms with Crippen LogP contribution in [0.2, 0.25) is 0 Å². The molecule has 1 aromatic carbocycles. The number of nitrogens with zero attached hydrogens (tertiary/aromatic N) is 2. The summed E-state index contributed by atoms with van der Waals surface area (Å²) in [6.45, 7) is 8.48. The summed E-state index contributed by atoms with van der Waals surface area (Å²) in [5.41, 5.74) is 13.3. The number of morpholine rings is 1. The molecule has 1 fully saturated rings. The molecule has 2 heterocycles.